The van der Waals surface area contributed by atoms with Crippen molar-refractivity contribution in [1.82, 2.24) is 5.32 Å². The van der Waals surface area contributed by atoms with Gasteiger partial charge in [0.2, 0.25) is 0 Å². The molecule has 1 aliphatic carbocycles. The smallest absolute Gasteiger partial charge is 0.0712 e. The van der Waals surface area contributed by atoms with E-state index in [2.05, 4.69) is 29.6 Å². The molecule has 0 aromatic heterocycles. The van der Waals surface area contributed by atoms with Gasteiger partial charge in [-0.3, -0.25) is 0 Å². The summed E-state index contributed by atoms with van der Waals surface area (Å²) in [4.78, 5) is 0. The van der Waals surface area contributed by atoms with Crippen LogP contribution in [0.4, 0.5) is 0 Å². The minimum atomic E-state index is -0.391. The van der Waals surface area contributed by atoms with E-state index in [-0.39, 0.29) is 6.04 Å². The highest BCUT2D eigenvalue weighted by molar-refractivity contribution is 5.36. The van der Waals surface area contributed by atoms with Crippen LogP contribution in [0.15, 0.2) is 18.2 Å². The van der Waals surface area contributed by atoms with Crippen LogP contribution in [-0.2, 0) is 12.8 Å². The SMILES string of the molecule is CNC(c1ccc2c(c1)CCCC2)C(C)(C)C#N. The van der Waals surface area contributed by atoms with Crippen molar-refractivity contribution in [2.45, 2.75) is 45.6 Å². The Morgan fingerprint density at radius 3 is 2.50 bits per heavy atom. The zero-order chi connectivity index (χ0) is 13.2. The number of hydrogen-bond donors (Lipinski definition) is 1. The number of nitrogens with zero attached hydrogens (tertiary/aromatic N) is 1. The van der Waals surface area contributed by atoms with Crippen molar-refractivity contribution in [3.05, 3.63) is 34.9 Å². The van der Waals surface area contributed by atoms with Crippen LogP contribution in [0.2, 0.25) is 0 Å². The van der Waals surface area contributed by atoms with Gasteiger partial charge in [-0.2, -0.15) is 5.26 Å². The van der Waals surface area contributed by atoms with Crippen LogP contribution in [0.25, 0.3) is 0 Å². The fourth-order valence-electron chi connectivity index (χ4n) is 2.94. The Morgan fingerprint density at radius 2 is 1.89 bits per heavy atom. The van der Waals surface area contributed by atoms with Crippen molar-refractivity contribution in [2.75, 3.05) is 7.05 Å². The molecule has 1 aliphatic rings. The van der Waals surface area contributed by atoms with E-state index >= 15 is 0 Å². The maximum Gasteiger partial charge on any atom is 0.0712 e. The second-order valence-corrected chi connectivity index (χ2v) is 5.79. The molecule has 0 amide bonds. The fraction of sp³-hybridized carbons (Fsp3) is 0.562. The largest absolute Gasteiger partial charge is 0.312 e. The Kier molecular flexibility index (Phi) is 3.73. The van der Waals surface area contributed by atoms with Crippen LogP contribution in [0.3, 0.4) is 0 Å². The first-order valence-electron chi connectivity index (χ1n) is 6.78. The molecule has 0 aliphatic heterocycles. The zero-order valence-electron chi connectivity index (χ0n) is 11.6. The third-order valence-electron chi connectivity index (χ3n) is 4.00. The number of nitrogens with one attached hydrogen (secondary N) is 1. The summed E-state index contributed by atoms with van der Waals surface area (Å²) in [6.45, 7) is 3.99. The van der Waals surface area contributed by atoms with E-state index in [9.17, 15) is 5.26 Å². The predicted octanol–water partition coefficient (Wildman–Crippen LogP) is 3.38. The third kappa shape index (κ3) is 2.42. The van der Waals surface area contributed by atoms with E-state index in [0.29, 0.717) is 0 Å². The Balaban J connectivity index is 2.35. The minimum absolute atomic E-state index is 0.0923. The van der Waals surface area contributed by atoms with Gasteiger partial charge in [0, 0.05) is 0 Å². The lowest BCUT2D eigenvalue weighted by Gasteiger charge is -2.29. The number of rotatable bonds is 3. The summed E-state index contributed by atoms with van der Waals surface area (Å²) < 4.78 is 0. The van der Waals surface area contributed by atoms with Gasteiger partial charge in [-0.1, -0.05) is 18.2 Å². The van der Waals surface area contributed by atoms with Crippen LogP contribution >= 0.6 is 0 Å². The number of hydrogen-bond acceptors (Lipinski definition) is 2. The monoisotopic (exact) mass is 242 g/mol. The van der Waals surface area contributed by atoms with Crippen LogP contribution < -0.4 is 5.32 Å². The summed E-state index contributed by atoms with van der Waals surface area (Å²) in [5.74, 6) is 0. The van der Waals surface area contributed by atoms with Gasteiger partial charge in [0.25, 0.3) is 0 Å². The van der Waals surface area contributed by atoms with Crippen molar-refractivity contribution in [2.24, 2.45) is 5.41 Å². The molecule has 2 rings (SSSR count). The molecule has 0 saturated heterocycles. The van der Waals surface area contributed by atoms with Gasteiger partial charge in [0.05, 0.1) is 17.5 Å². The molecule has 0 bridgehead atoms. The van der Waals surface area contributed by atoms with Gasteiger partial charge in [-0.05, 0) is 63.3 Å². The molecular weight excluding hydrogens is 220 g/mol. The normalized spacial score (nSPS) is 16.8. The molecule has 1 unspecified atom stereocenters. The molecule has 96 valence electrons. The number of fused-ring (bicyclic) bond motifs is 1. The molecule has 18 heavy (non-hydrogen) atoms. The Morgan fingerprint density at radius 1 is 1.22 bits per heavy atom. The van der Waals surface area contributed by atoms with Gasteiger partial charge >= 0.3 is 0 Å². The molecule has 1 atom stereocenters. The number of benzene rings is 1. The van der Waals surface area contributed by atoms with Crippen LogP contribution in [0.5, 0.6) is 0 Å². The second kappa shape index (κ2) is 5.12. The van der Waals surface area contributed by atoms with Crippen LogP contribution in [0, 0.1) is 16.7 Å². The van der Waals surface area contributed by atoms with E-state index in [1.807, 2.05) is 20.9 Å². The van der Waals surface area contributed by atoms with Crippen LogP contribution in [0.1, 0.15) is 49.4 Å². The Hall–Kier alpha value is -1.33. The standard InChI is InChI=1S/C16H22N2/c1-16(2,11-17)15(18-3)14-9-8-12-6-4-5-7-13(12)10-14/h8-10,15,18H,4-7H2,1-3H3. The Bertz CT molecular complexity index is 468. The average molecular weight is 242 g/mol. The second-order valence-electron chi connectivity index (χ2n) is 5.79. The third-order valence-corrected chi connectivity index (χ3v) is 4.00. The van der Waals surface area contributed by atoms with Crippen molar-refractivity contribution < 1.29 is 0 Å². The van der Waals surface area contributed by atoms with E-state index in [1.165, 1.54) is 42.4 Å². The maximum atomic E-state index is 9.31. The molecule has 2 heteroatoms. The highest BCUT2D eigenvalue weighted by Gasteiger charge is 2.30. The molecule has 2 nitrogen and oxygen atoms in total. The lowest BCUT2D eigenvalue weighted by molar-refractivity contribution is 0.343. The molecule has 0 spiro atoms. The molecule has 1 aromatic carbocycles. The molecule has 0 fully saturated rings. The summed E-state index contributed by atoms with van der Waals surface area (Å²) in [7, 11) is 1.93. The highest BCUT2D eigenvalue weighted by Crippen LogP contribution is 2.34. The van der Waals surface area contributed by atoms with Crippen molar-refractivity contribution in [3.8, 4) is 6.07 Å². The van der Waals surface area contributed by atoms with E-state index in [1.54, 1.807) is 0 Å². The maximum absolute atomic E-state index is 9.31. The molecule has 1 aromatic rings. The van der Waals surface area contributed by atoms with Crippen molar-refractivity contribution in [1.29, 1.82) is 5.26 Å². The molecular formula is C16H22N2. The summed E-state index contributed by atoms with van der Waals surface area (Å²) in [5, 5.41) is 12.6. The van der Waals surface area contributed by atoms with Gasteiger partial charge < -0.3 is 5.32 Å². The van der Waals surface area contributed by atoms with E-state index in [4.69, 9.17) is 0 Å². The van der Waals surface area contributed by atoms with Gasteiger partial charge in [-0.25, -0.2) is 0 Å². The number of aryl methyl sites for hydroxylation is 2. The average Bonchev–Trinajstić information content (AvgIpc) is 2.39. The predicted molar refractivity (Wildman–Crippen MR) is 74.3 cm³/mol. The first kappa shape index (κ1) is 13.1. The first-order chi connectivity index (χ1) is 8.58. The van der Waals surface area contributed by atoms with Crippen LogP contribution in [-0.4, -0.2) is 7.05 Å². The molecule has 0 saturated carbocycles. The first-order valence-corrected chi connectivity index (χ1v) is 6.78. The van der Waals surface area contributed by atoms with Gasteiger partial charge in [0.1, 0.15) is 0 Å². The van der Waals surface area contributed by atoms with E-state index < -0.39 is 5.41 Å². The topological polar surface area (TPSA) is 35.8 Å². The summed E-state index contributed by atoms with van der Waals surface area (Å²) in [5.41, 5.74) is 3.82. The summed E-state index contributed by atoms with van der Waals surface area (Å²) in [6, 6.07) is 9.24. The molecule has 0 heterocycles. The van der Waals surface area contributed by atoms with Crippen molar-refractivity contribution >= 4 is 0 Å². The van der Waals surface area contributed by atoms with E-state index in [0.717, 1.165) is 0 Å². The minimum Gasteiger partial charge on any atom is -0.312 e. The van der Waals surface area contributed by atoms with Gasteiger partial charge in [-0.15, -0.1) is 0 Å². The lowest BCUT2D eigenvalue weighted by atomic mass is 9.80. The summed E-state index contributed by atoms with van der Waals surface area (Å²) >= 11 is 0. The zero-order valence-corrected chi connectivity index (χ0v) is 11.6. The fourth-order valence-corrected chi connectivity index (χ4v) is 2.94. The quantitative estimate of drug-likeness (QED) is 0.882. The van der Waals surface area contributed by atoms with Gasteiger partial charge in [0.15, 0.2) is 0 Å². The molecule has 1 N–H and O–H groups in total. The molecule has 0 radical (unpaired) electrons. The highest BCUT2D eigenvalue weighted by atomic mass is 14.9. The lowest BCUT2D eigenvalue weighted by Crippen LogP contribution is -2.31. The van der Waals surface area contributed by atoms with Crippen molar-refractivity contribution in [3.63, 3.8) is 0 Å². The Labute approximate surface area is 110 Å². The summed E-state index contributed by atoms with van der Waals surface area (Å²) in [6.07, 6.45) is 5.00. The number of nitriles is 1.